The van der Waals surface area contributed by atoms with Crippen LogP contribution in [0.2, 0.25) is 0 Å². The maximum atomic E-state index is 10.6. The highest BCUT2D eigenvalue weighted by molar-refractivity contribution is 5.98. The number of aliphatic imine (C=N–C) groups is 1. The van der Waals surface area contributed by atoms with Gasteiger partial charge in [0.1, 0.15) is 23.1 Å². The minimum Gasteiger partial charge on any atom is -0.506 e. The van der Waals surface area contributed by atoms with Crippen molar-refractivity contribution in [1.29, 1.82) is 0 Å². The molecular formula is C41H42N2O3. The van der Waals surface area contributed by atoms with Crippen molar-refractivity contribution in [3.63, 3.8) is 0 Å². The van der Waals surface area contributed by atoms with Crippen LogP contribution in [0.1, 0.15) is 86.8 Å². The Balaban J connectivity index is 1.36. The first-order valence-corrected chi connectivity index (χ1v) is 16.4. The molecule has 5 heteroatoms. The lowest BCUT2D eigenvalue weighted by atomic mass is 9.69. The van der Waals surface area contributed by atoms with Crippen LogP contribution < -0.4 is 4.74 Å². The molecule has 1 aliphatic carbocycles. The second-order valence-corrected chi connectivity index (χ2v) is 14.1. The van der Waals surface area contributed by atoms with Gasteiger partial charge in [-0.2, -0.15) is 0 Å². The van der Waals surface area contributed by atoms with Crippen molar-refractivity contribution < 1.29 is 14.6 Å². The second-order valence-electron chi connectivity index (χ2n) is 14.1. The molecule has 1 aliphatic heterocycles. The molecule has 0 saturated carbocycles. The number of hydrogen-bond donors (Lipinski definition) is 1. The number of aromatic hydroxyl groups is 1. The van der Waals surface area contributed by atoms with Gasteiger partial charge in [-0.3, -0.25) is 0 Å². The van der Waals surface area contributed by atoms with Gasteiger partial charge >= 0.3 is 0 Å². The van der Waals surface area contributed by atoms with E-state index in [0.717, 1.165) is 28.5 Å². The molecular weight excluding hydrogens is 568 g/mol. The minimum atomic E-state index is -0.188. The first kappa shape index (κ1) is 30.0. The number of phenolic OH excluding ortho intramolecular Hbond substituents is 1. The number of benzene rings is 4. The lowest BCUT2D eigenvalue weighted by molar-refractivity contribution is 0.105. The smallest absolute Gasteiger partial charge is 0.219 e. The molecule has 2 heterocycles. The summed E-state index contributed by atoms with van der Waals surface area (Å²) in [7, 11) is 0. The van der Waals surface area contributed by atoms with Crippen molar-refractivity contribution in [3.8, 4) is 28.5 Å². The summed E-state index contributed by atoms with van der Waals surface area (Å²) in [6.07, 6.45) is 0.794. The Hall–Kier alpha value is -4.64. The zero-order valence-corrected chi connectivity index (χ0v) is 27.8. The lowest BCUT2D eigenvalue weighted by Crippen LogP contribution is -2.46. The maximum Gasteiger partial charge on any atom is 0.219 e. The van der Waals surface area contributed by atoms with Crippen molar-refractivity contribution in [1.82, 2.24) is 4.98 Å². The van der Waals surface area contributed by atoms with E-state index < -0.39 is 0 Å². The van der Waals surface area contributed by atoms with Crippen molar-refractivity contribution in [2.45, 2.75) is 84.3 Å². The summed E-state index contributed by atoms with van der Waals surface area (Å²) < 4.78 is 13.3. The largest absolute Gasteiger partial charge is 0.506 e. The summed E-state index contributed by atoms with van der Waals surface area (Å²) in [6, 6.07) is 29.2. The van der Waals surface area contributed by atoms with E-state index in [9.17, 15) is 5.11 Å². The molecule has 7 rings (SSSR count). The van der Waals surface area contributed by atoms with Gasteiger partial charge in [-0.05, 0) is 101 Å². The van der Waals surface area contributed by atoms with Crippen molar-refractivity contribution >= 4 is 16.8 Å². The predicted octanol–water partition coefficient (Wildman–Crippen LogP) is 10.0. The standard InChI is InChI=1S/C41H42N2O3/c1-23(2)31-12-10-13-32(24(3)4)37(31)28-19-29(40-42-34-22-26-11-8-9-14-33(26)41(6,7)39(34)46-40)21-30(20-28)45-36-16-15-27-17-25(5)18-35(44)38(27)43-36/h8-21,23-24,34,39,44H,22H2,1-7H3/t34-,39-/m0/s1. The van der Waals surface area contributed by atoms with Gasteiger partial charge in [0, 0.05) is 22.4 Å². The summed E-state index contributed by atoms with van der Waals surface area (Å²) >= 11 is 0. The zero-order chi connectivity index (χ0) is 32.3. The van der Waals surface area contributed by atoms with Gasteiger partial charge in [0.2, 0.25) is 11.8 Å². The summed E-state index contributed by atoms with van der Waals surface area (Å²) in [4.78, 5) is 9.92. The SMILES string of the molecule is Cc1cc(O)c2nc(Oc3cc(C4=N[C@H]5Cc6ccccc6C(C)(C)[C@H]5O4)cc(-c4c(C(C)C)cccc4C(C)C)c3)ccc2c1. The lowest BCUT2D eigenvalue weighted by Gasteiger charge is -2.40. The highest BCUT2D eigenvalue weighted by Crippen LogP contribution is 2.44. The highest BCUT2D eigenvalue weighted by Gasteiger charge is 2.48. The van der Waals surface area contributed by atoms with Crippen molar-refractivity contribution in [2.75, 3.05) is 0 Å². The van der Waals surface area contributed by atoms with E-state index >= 15 is 0 Å². The van der Waals surface area contributed by atoms with Crippen LogP contribution in [0.3, 0.4) is 0 Å². The molecule has 0 saturated heterocycles. The fourth-order valence-corrected chi connectivity index (χ4v) is 7.41. The number of aromatic nitrogens is 1. The molecule has 0 amide bonds. The van der Waals surface area contributed by atoms with Crippen LogP contribution in [-0.4, -0.2) is 28.1 Å². The van der Waals surface area contributed by atoms with Crippen LogP contribution in [0, 0.1) is 6.92 Å². The van der Waals surface area contributed by atoms with E-state index in [2.05, 4.69) is 96.1 Å². The van der Waals surface area contributed by atoms with Crippen LogP contribution in [-0.2, 0) is 16.6 Å². The fourth-order valence-electron chi connectivity index (χ4n) is 7.41. The monoisotopic (exact) mass is 610 g/mol. The minimum absolute atomic E-state index is 0.0377. The molecule has 1 N–H and O–H groups in total. The fraction of sp³-hybridized carbons (Fsp3) is 0.317. The first-order valence-electron chi connectivity index (χ1n) is 16.4. The van der Waals surface area contributed by atoms with E-state index in [-0.39, 0.29) is 23.3 Å². The van der Waals surface area contributed by atoms with Gasteiger partial charge in [-0.1, -0.05) is 84.0 Å². The predicted molar refractivity (Wildman–Crippen MR) is 187 cm³/mol. The molecule has 4 aromatic carbocycles. The summed E-state index contributed by atoms with van der Waals surface area (Å²) in [5.74, 6) is 2.51. The number of ether oxygens (including phenoxy) is 2. The third-order valence-electron chi connectivity index (χ3n) is 9.65. The van der Waals surface area contributed by atoms with Gasteiger partial charge in [0.05, 0.1) is 6.04 Å². The Labute approximate surface area is 272 Å². The summed E-state index contributed by atoms with van der Waals surface area (Å²) in [5.41, 5.74) is 9.72. The van der Waals surface area contributed by atoms with Gasteiger partial charge in [0.25, 0.3) is 0 Å². The maximum absolute atomic E-state index is 10.6. The topological polar surface area (TPSA) is 63.9 Å². The quantitative estimate of drug-likeness (QED) is 0.208. The third kappa shape index (κ3) is 5.22. The summed E-state index contributed by atoms with van der Waals surface area (Å²) in [5, 5.41) is 11.5. The van der Waals surface area contributed by atoms with Gasteiger partial charge < -0.3 is 14.6 Å². The van der Waals surface area contributed by atoms with Crippen LogP contribution in [0.25, 0.3) is 22.0 Å². The first-order chi connectivity index (χ1) is 22.0. The molecule has 1 aromatic heterocycles. The Kier molecular flexibility index (Phi) is 7.38. The zero-order valence-electron chi connectivity index (χ0n) is 27.8. The second kappa shape index (κ2) is 11.3. The molecule has 0 bridgehead atoms. The van der Waals surface area contributed by atoms with Crippen LogP contribution in [0.4, 0.5) is 0 Å². The number of phenols is 1. The van der Waals surface area contributed by atoms with Crippen LogP contribution >= 0.6 is 0 Å². The van der Waals surface area contributed by atoms with Gasteiger partial charge in [0.15, 0.2) is 0 Å². The molecule has 0 unspecified atom stereocenters. The molecule has 2 aliphatic rings. The third-order valence-corrected chi connectivity index (χ3v) is 9.65. The molecule has 0 spiro atoms. The Morgan fingerprint density at radius 1 is 0.848 bits per heavy atom. The average Bonchev–Trinajstić information content (AvgIpc) is 3.46. The number of fused-ring (bicyclic) bond motifs is 3. The Morgan fingerprint density at radius 2 is 1.57 bits per heavy atom. The number of rotatable bonds is 6. The molecule has 0 fully saturated rings. The average molecular weight is 611 g/mol. The van der Waals surface area contributed by atoms with E-state index in [4.69, 9.17) is 19.5 Å². The molecule has 0 radical (unpaired) electrons. The van der Waals surface area contributed by atoms with Gasteiger partial charge in [-0.25, -0.2) is 9.98 Å². The molecule has 46 heavy (non-hydrogen) atoms. The molecule has 5 nitrogen and oxygen atoms in total. The van der Waals surface area contributed by atoms with Crippen LogP contribution in [0.5, 0.6) is 17.4 Å². The number of aryl methyl sites for hydroxylation is 1. The van der Waals surface area contributed by atoms with Crippen LogP contribution in [0.15, 0.2) is 89.9 Å². The Morgan fingerprint density at radius 3 is 2.30 bits per heavy atom. The number of pyridine rings is 1. The van der Waals surface area contributed by atoms with Crippen molar-refractivity contribution in [2.24, 2.45) is 4.99 Å². The van der Waals surface area contributed by atoms with E-state index in [1.807, 2.05) is 31.2 Å². The van der Waals surface area contributed by atoms with Gasteiger partial charge in [-0.15, -0.1) is 0 Å². The molecule has 234 valence electrons. The number of hydrogen-bond acceptors (Lipinski definition) is 5. The molecule has 5 aromatic rings. The van der Waals surface area contributed by atoms with E-state index in [1.165, 1.54) is 27.8 Å². The highest BCUT2D eigenvalue weighted by atomic mass is 16.5. The van der Waals surface area contributed by atoms with Crippen molar-refractivity contribution in [3.05, 3.63) is 118 Å². The summed E-state index contributed by atoms with van der Waals surface area (Å²) in [6.45, 7) is 15.5. The Bertz CT molecular complexity index is 1980. The number of nitrogens with zero attached hydrogens (tertiary/aromatic N) is 2. The van der Waals surface area contributed by atoms with E-state index in [0.29, 0.717) is 34.9 Å². The normalized spacial score (nSPS) is 18.3. The van der Waals surface area contributed by atoms with E-state index in [1.54, 1.807) is 6.07 Å². The molecule has 2 atom stereocenters.